The summed E-state index contributed by atoms with van der Waals surface area (Å²) in [4.78, 5) is 1.20. The third-order valence-electron chi connectivity index (χ3n) is 6.05. The van der Waals surface area contributed by atoms with Crippen LogP contribution in [0.2, 0.25) is 18.1 Å². The van der Waals surface area contributed by atoms with E-state index in [9.17, 15) is 0 Å². The molecule has 0 aliphatic carbocycles. The fraction of sp³-hybridized carbons (Fsp3) is 0.448. The second kappa shape index (κ2) is 13.8. The number of allylic oxidation sites excluding steroid dienone is 1. The first-order valence-electron chi connectivity index (χ1n) is 11.9. The van der Waals surface area contributed by atoms with Crippen molar-refractivity contribution in [2.24, 2.45) is 0 Å². The minimum absolute atomic E-state index is 0.0105. The minimum atomic E-state index is -1.96. The average Bonchev–Trinajstić information content (AvgIpc) is 2.81. The van der Waals surface area contributed by atoms with Gasteiger partial charge in [-0.2, -0.15) is 0 Å². The Balaban J connectivity index is 2.15. The van der Waals surface area contributed by atoms with Crippen LogP contribution in [-0.4, -0.2) is 33.4 Å². The van der Waals surface area contributed by atoms with Crippen molar-refractivity contribution in [1.82, 2.24) is 0 Å². The summed E-state index contributed by atoms with van der Waals surface area (Å²) in [7, 11) is -0.291. The van der Waals surface area contributed by atoms with Crippen molar-refractivity contribution in [2.45, 2.75) is 75.1 Å². The van der Waals surface area contributed by atoms with Gasteiger partial charge in [-0.15, -0.1) is 11.8 Å². The van der Waals surface area contributed by atoms with Gasteiger partial charge in [-0.05, 0) is 61.3 Å². The molecule has 3 nitrogen and oxygen atoms in total. The molecule has 0 aromatic heterocycles. The first-order chi connectivity index (χ1) is 16.2. The maximum Gasteiger partial charge on any atom is 0.192 e. The highest BCUT2D eigenvalue weighted by Gasteiger charge is 2.40. The summed E-state index contributed by atoms with van der Waals surface area (Å²) in [6, 6.07) is 18.4. The quantitative estimate of drug-likeness (QED) is 0.105. The molecule has 184 valence electrons. The maximum atomic E-state index is 6.90. The van der Waals surface area contributed by atoms with Crippen LogP contribution in [-0.2, 0) is 15.8 Å². The molecule has 0 N–H and O–H groups in total. The number of thioether (sulfide) groups is 1. The fourth-order valence-corrected chi connectivity index (χ4v) is 5.50. The third-order valence-corrected chi connectivity index (χ3v) is 11.8. The Morgan fingerprint density at radius 3 is 2.29 bits per heavy atom. The molecule has 0 fully saturated rings. The summed E-state index contributed by atoms with van der Waals surface area (Å²) in [5.74, 6) is 7.61. The molecule has 34 heavy (non-hydrogen) atoms. The Hall–Kier alpha value is -1.97. The number of methoxy groups -OCH3 is 1. The van der Waals surface area contributed by atoms with Crippen molar-refractivity contribution in [3.63, 3.8) is 0 Å². The van der Waals surface area contributed by atoms with Crippen LogP contribution >= 0.6 is 11.8 Å². The van der Waals surface area contributed by atoms with Gasteiger partial charge in [0, 0.05) is 4.90 Å². The standard InChI is InChI=1S/C29H40O3SSi/c1-8-9-16-27(32-34(6,7)29(2,3)4)28(33-26-14-11-10-12-15-26)17-13-22-31-23-24-18-20-25(30-5)21-19-24/h8-12,14-15,18-21,27-28H,16,22-23H2,1-7H3/t27-,28-/m0/s1. The zero-order valence-corrected chi connectivity index (χ0v) is 23.6. The van der Waals surface area contributed by atoms with E-state index in [1.165, 1.54) is 4.90 Å². The summed E-state index contributed by atoms with van der Waals surface area (Å²) in [5.41, 5.74) is 1.10. The van der Waals surface area contributed by atoms with Gasteiger partial charge in [0.05, 0.1) is 25.1 Å². The zero-order chi connectivity index (χ0) is 25.0. The molecule has 0 heterocycles. The molecule has 2 rings (SSSR count). The summed E-state index contributed by atoms with van der Waals surface area (Å²) in [6.45, 7) is 14.4. The zero-order valence-electron chi connectivity index (χ0n) is 21.8. The predicted molar refractivity (Wildman–Crippen MR) is 148 cm³/mol. The first kappa shape index (κ1) is 28.3. The second-order valence-corrected chi connectivity index (χ2v) is 15.7. The van der Waals surface area contributed by atoms with Crippen molar-refractivity contribution < 1.29 is 13.9 Å². The number of hydrogen-bond donors (Lipinski definition) is 0. The third kappa shape index (κ3) is 9.35. The van der Waals surface area contributed by atoms with Crippen molar-refractivity contribution in [3.8, 4) is 17.6 Å². The van der Waals surface area contributed by atoms with Gasteiger partial charge in [-0.3, -0.25) is 0 Å². The van der Waals surface area contributed by atoms with Gasteiger partial charge in [0.2, 0.25) is 0 Å². The van der Waals surface area contributed by atoms with Gasteiger partial charge in [-0.25, -0.2) is 0 Å². The van der Waals surface area contributed by atoms with Crippen LogP contribution in [0.5, 0.6) is 5.75 Å². The van der Waals surface area contributed by atoms with Crippen molar-refractivity contribution in [2.75, 3.05) is 13.7 Å². The van der Waals surface area contributed by atoms with Gasteiger partial charge in [0.25, 0.3) is 0 Å². The van der Waals surface area contributed by atoms with Gasteiger partial charge >= 0.3 is 0 Å². The predicted octanol–water partition coefficient (Wildman–Crippen LogP) is 7.73. The average molecular weight is 497 g/mol. The second-order valence-electron chi connectivity index (χ2n) is 9.73. The van der Waals surface area contributed by atoms with Crippen molar-refractivity contribution in [1.29, 1.82) is 0 Å². The molecule has 0 unspecified atom stereocenters. The van der Waals surface area contributed by atoms with E-state index < -0.39 is 8.32 Å². The maximum absolute atomic E-state index is 6.90. The van der Waals surface area contributed by atoms with Crippen LogP contribution < -0.4 is 4.74 Å². The number of ether oxygens (including phenoxy) is 2. The van der Waals surface area contributed by atoms with E-state index in [0.29, 0.717) is 13.2 Å². The molecule has 0 aliphatic rings. The number of hydrogen-bond acceptors (Lipinski definition) is 4. The highest BCUT2D eigenvalue weighted by atomic mass is 32.2. The molecule has 2 aromatic carbocycles. The van der Waals surface area contributed by atoms with E-state index in [-0.39, 0.29) is 16.4 Å². The Bertz CT molecular complexity index is 937. The summed E-state index contributed by atoms with van der Waals surface area (Å²) >= 11 is 1.78. The van der Waals surface area contributed by atoms with Crippen molar-refractivity contribution in [3.05, 3.63) is 72.3 Å². The molecule has 0 bridgehead atoms. The highest BCUT2D eigenvalue weighted by molar-refractivity contribution is 8.00. The monoisotopic (exact) mass is 496 g/mol. The number of benzene rings is 2. The van der Waals surface area contributed by atoms with Crippen LogP contribution in [0.3, 0.4) is 0 Å². The largest absolute Gasteiger partial charge is 0.497 e. The molecular formula is C29H40O3SSi. The molecule has 2 aromatic rings. The van der Waals surface area contributed by atoms with Crippen LogP contribution in [0.4, 0.5) is 0 Å². The summed E-state index contributed by atoms with van der Waals surface area (Å²) in [6.07, 6.45) is 5.14. The molecule has 5 heteroatoms. The smallest absolute Gasteiger partial charge is 0.192 e. The van der Waals surface area contributed by atoms with Crippen LogP contribution in [0.25, 0.3) is 0 Å². The lowest BCUT2D eigenvalue weighted by Crippen LogP contribution is -2.46. The van der Waals surface area contributed by atoms with Gasteiger partial charge < -0.3 is 13.9 Å². The van der Waals surface area contributed by atoms with E-state index >= 15 is 0 Å². The van der Waals surface area contributed by atoms with E-state index in [2.05, 4.69) is 89.0 Å². The van der Waals surface area contributed by atoms with Crippen LogP contribution in [0.15, 0.2) is 71.6 Å². The Labute approximate surface area is 212 Å². The highest BCUT2D eigenvalue weighted by Crippen LogP contribution is 2.39. The van der Waals surface area contributed by atoms with E-state index in [1.807, 2.05) is 30.3 Å². The lowest BCUT2D eigenvalue weighted by molar-refractivity contribution is 0.153. The molecular weight excluding hydrogens is 456 g/mol. The summed E-state index contributed by atoms with van der Waals surface area (Å²) in [5, 5.41) is 0.148. The topological polar surface area (TPSA) is 27.7 Å². The Morgan fingerprint density at radius 1 is 1.03 bits per heavy atom. The lowest BCUT2D eigenvalue weighted by Gasteiger charge is -2.40. The molecule has 0 radical (unpaired) electrons. The Morgan fingerprint density at radius 2 is 1.71 bits per heavy atom. The number of rotatable bonds is 11. The molecule has 2 atom stereocenters. The van der Waals surface area contributed by atoms with Crippen molar-refractivity contribution >= 4 is 20.1 Å². The Kier molecular flexibility index (Phi) is 11.5. The van der Waals surface area contributed by atoms with E-state index in [4.69, 9.17) is 13.9 Å². The van der Waals surface area contributed by atoms with Gasteiger partial charge in [0.1, 0.15) is 12.4 Å². The van der Waals surface area contributed by atoms with Gasteiger partial charge in [0.15, 0.2) is 8.32 Å². The molecule has 0 aliphatic heterocycles. The van der Waals surface area contributed by atoms with Crippen LogP contribution in [0, 0.1) is 11.8 Å². The molecule has 0 saturated carbocycles. The normalized spacial score (nSPS) is 13.9. The minimum Gasteiger partial charge on any atom is -0.497 e. The molecule has 0 spiro atoms. The van der Waals surface area contributed by atoms with E-state index in [0.717, 1.165) is 17.7 Å². The van der Waals surface area contributed by atoms with Crippen LogP contribution in [0.1, 0.15) is 39.7 Å². The SMILES string of the molecule is CC=CC[C@H](O[Si](C)(C)C(C)(C)C)[C@H](C#CCOCc1ccc(OC)cc1)Sc1ccccc1. The fourth-order valence-electron chi connectivity index (χ4n) is 2.99. The first-order valence-corrected chi connectivity index (χ1v) is 15.6. The molecule has 0 amide bonds. The van der Waals surface area contributed by atoms with Gasteiger partial charge in [-0.1, -0.05) is 75.1 Å². The lowest BCUT2D eigenvalue weighted by atomic mass is 10.2. The van der Waals surface area contributed by atoms with E-state index in [1.54, 1.807) is 18.9 Å². The molecule has 0 saturated heterocycles. The summed E-state index contributed by atoms with van der Waals surface area (Å²) < 4.78 is 18.0.